The zero-order valence-electron chi connectivity index (χ0n) is 10.3. The fourth-order valence-electron chi connectivity index (χ4n) is 1.86. The number of halogens is 1. The second-order valence-electron chi connectivity index (χ2n) is 4.41. The number of benzene rings is 1. The first-order chi connectivity index (χ1) is 8.81. The lowest BCUT2D eigenvalue weighted by Gasteiger charge is -2.13. The molecule has 1 unspecified atom stereocenters. The van der Waals surface area contributed by atoms with Gasteiger partial charge in [0.2, 0.25) is 15.9 Å². The Hall–Kier alpha value is -1.67. The molecule has 1 aromatic rings. The highest BCUT2D eigenvalue weighted by molar-refractivity contribution is 7.89. The van der Waals surface area contributed by atoms with Crippen molar-refractivity contribution in [3.63, 3.8) is 0 Å². The molecule has 2 rings (SSSR count). The molecule has 1 saturated heterocycles. The van der Waals surface area contributed by atoms with Crippen LogP contribution in [0.25, 0.3) is 0 Å². The molecule has 1 atom stereocenters. The molecule has 0 radical (unpaired) electrons. The average molecular weight is 287 g/mol. The van der Waals surface area contributed by atoms with Gasteiger partial charge in [0, 0.05) is 13.6 Å². The fraction of sp³-hybridized carbons (Fsp3) is 0.364. The van der Waals surface area contributed by atoms with E-state index in [1.54, 1.807) is 7.05 Å². The minimum atomic E-state index is -3.93. The van der Waals surface area contributed by atoms with Gasteiger partial charge in [0.1, 0.15) is 11.9 Å². The standard InChI is InChI=1S/C11H14FN3O3S/c1-15-5-4-10(11(15)16)14-19(17,18)7-2-3-9(13)8(12)6-7/h2-3,6,10,14H,4-5,13H2,1H3. The minimum Gasteiger partial charge on any atom is -0.396 e. The predicted octanol–water partition coefficient (Wildman–Crippen LogP) is -0.0831. The maximum Gasteiger partial charge on any atom is 0.241 e. The van der Waals surface area contributed by atoms with Gasteiger partial charge in [0.05, 0.1) is 10.6 Å². The number of carbonyl (C=O) groups is 1. The number of hydrogen-bond donors (Lipinski definition) is 2. The molecule has 1 aliphatic rings. The normalized spacial score (nSPS) is 20.0. The molecule has 0 spiro atoms. The van der Waals surface area contributed by atoms with Crippen LogP contribution in [0.5, 0.6) is 0 Å². The predicted molar refractivity (Wildman–Crippen MR) is 67.2 cm³/mol. The van der Waals surface area contributed by atoms with Gasteiger partial charge in [-0.2, -0.15) is 4.72 Å². The molecule has 6 nitrogen and oxygen atoms in total. The van der Waals surface area contributed by atoms with Gasteiger partial charge in [-0.3, -0.25) is 4.79 Å². The highest BCUT2D eigenvalue weighted by Gasteiger charge is 2.33. The lowest BCUT2D eigenvalue weighted by molar-refractivity contribution is -0.127. The Morgan fingerprint density at radius 2 is 2.16 bits per heavy atom. The number of anilines is 1. The molecule has 0 bridgehead atoms. The quantitative estimate of drug-likeness (QED) is 0.760. The molecule has 0 aromatic heterocycles. The SMILES string of the molecule is CN1CCC(NS(=O)(=O)c2ccc(N)c(F)c2)C1=O. The molecule has 104 valence electrons. The van der Waals surface area contributed by atoms with Crippen molar-refractivity contribution in [1.29, 1.82) is 0 Å². The van der Waals surface area contributed by atoms with Crippen LogP contribution in [0.15, 0.2) is 23.1 Å². The van der Waals surface area contributed by atoms with Crippen LogP contribution in [0.3, 0.4) is 0 Å². The Bertz CT molecular complexity index is 618. The number of nitrogens with one attached hydrogen (secondary N) is 1. The lowest BCUT2D eigenvalue weighted by atomic mass is 10.3. The van der Waals surface area contributed by atoms with Gasteiger partial charge < -0.3 is 10.6 Å². The Morgan fingerprint density at radius 1 is 1.47 bits per heavy atom. The van der Waals surface area contributed by atoms with Crippen LogP contribution >= 0.6 is 0 Å². The van der Waals surface area contributed by atoms with Crippen molar-refractivity contribution in [2.75, 3.05) is 19.3 Å². The van der Waals surface area contributed by atoms with E-state index < -0.39 is 21.9 Å². The number of sulfonamides is 1. The summed E-state index contributed by atoms with van der Waals surface area (Å²) in [5.74, 6) is -1.10. The summed E-state index contributed by atoms with van der Waals surface area (Å²) in [5.41, 5.74) is 5.16. The van der Waals surface area contributed by atoms with E-state index in [9.17, 15) is 17.6 Å². The summed E-state index contributed by atoms with van der Waals surface area (Å²) in [5, 5.41) is 0. The third kappa shape index (κ3) is 2.69. The average Bonchev–Trinajstić information content (AvgIpc) is 2.64. The molecular formula is C11H14FN3O3S. The van der Waals surface area contributed by atoms with E-state index >= 15 is 0 Å². The number of nitrogen functional groups attached to an aromatic ring is 1. The van der Waals surface area contributed by atoms with Crippen LogP contribution in [0.1, 0.15) is 6.42 Å². The first-order valence-electron chi connectivity index (χ1n) is 5.63. The lowest BCUT2D eigenvalue weighted by Crippen LogP contribution is -2.40. The first-order valence-corrected chi connectivity index (χ1v) is 7.12. The van der Waals surface area contributed by atoms with E-state index in [4.69, 9.17) is 5.73 Å². The van der Waals surface area contributed by atoms with Crippen LogP contribution in [0.2, 0.25) is 0 Å². The molecule has 1 aromatic carbocycles. The summed E-state index contributed by atoms with van der Waals surface area (Å²) in [6.07, 6.45) is 0.395. The molecule has 1 amide bonds. The number of nitrogens with zero attached hydrogens (tertiary/aromatic N) is 1. The number of carbonyl (C=O) groups excluding carboxylic acids is 1. The van der Waals surface area contributed by atoms with Gasteiger partial charge in [-0.25, -0.2) is 12.8 Å². The smallest absolute Gasteiger partial charge is 0.241 e. The number of hydrogen-bond acceptors (Lipinski definition) is 4. The van der Waals surface area contributed by atoms with Gasteiger partial charge in [-0.15, -0.1) is 0 Å². The van der Waals surface area contributed by atoms with E-state index in [1.807, 2.05) is 0 Å². The van der Waals surface area contributed by atoms with Crippen LogP contribution in [-0.2, 0) is 14.8 Å². The van der Waals surface area contributed by atoms with E-state index in [0.29, 0.717) is 13.0 Å². The summed E-state index contributed by atoms with van der Waals surface area (Å²) < 4.78 is 39.6. The van der Waals surface area contributed by atoms with Crippen molar-refractivity contribution in [3.05, 3.63) is 24.0 Å². The Balaban J connectivity index is 2.23. The van der Waals surface area contributed by atoms with Crippen molar-refractivity contribution >= 4 is 21.6 Å². The van der Waals surface area contributed by atoms with Crippen molar-refractivity contribution in [2.24, 2.45) is 0 Å². The number of likely N-dealkylation sites (N-methyl/N-ethyl adjacent to an activating group) is 1. The highest BCUT2D eigenvalue weighted by atomic mass is 32.2. The fourth-order valence-corrected chi connectivity index (χ4v) is 3.10. The van der Waals surface area contributed by atoms with Crippen LogP contribution in [0.4, 0.5) is 10.1 Å². The summed E-state index contributed by atoms with van der Waals surface area (Å²) in [6, 6.07) is 2.41. The molecule has 19 heavy (non-hydrogen) atoms. The summed E-state index contributed by atoms with van der Waals surface area (Å²) in [7, 11) is -2.34. The second kappa shape index (κ2) is 4.78. The first kappa shape index (κ1) is 13.8. The zero-order chi connectivity index (χ0) is 14.2. The van der Waals surface area contributed by atoms with E-state index in [0.717, 1.165) is 6.07 Å². The summed E-state index contributed by atoms with van der Waals surface area (Å²) in [6.45, 7) is 0.488. The minimum absolute atomic E-state index is 0.129. The van der Waals surface area contributed by atoms with E-state index in [2.05, 4.69) is 4.72 Å². The topological polar surface area (TPSA) is 92.5 Å². The van der Waals surface area contributed by atoms with Gasteiger partial charge in [-0.1, -0.05) is 0 Å². The molecule has 1 heterocycles. The molecular weight excluding hydrogens is 273 g/mol. The number of likely N-dealkylation sites (tertiary alicyclic amines) is 1. The van der Waals surface area contributed by atoms with Crippen molar-refractivity contribution < 1.29 is 17.6 Å². The van der Waals surface area contributed by atoms with Crippen LogP contribution in [0, 0.1) is 5.82 Å². The third-order valence-corrected chi connectivity index (χ3v) is 4.48. The van der Waals surface area contributed by atoms with E-state index in [-0.39, 0.29) is 16.5 Å². The van der Waals surface area contributed by atoms with Gasteiger partial charge in [0.15, 0.2) is 0 Å². The molecule has 3 N–H and O–H groups in total. The zero-order valence-corrected chi connectivity index (χ0v) is 11.1. The summed E-state index contributed by atoms with van der Waals surface area (Å²) >= 11 is 0. The van der Waals surface area contributed by atoms with Crippen molar-refractivity contribution in [1.82, 2.24) is 9.62 Å². The van der Waals surface area contributed by atoms with Gasteiger partial charge in [0.25, 0.3) is 0 Å². The highest BCUT2D eigenvalue weighted by Crippen LogP contribution is 2.18. The number of amides is 1. The molecule has 8 heteroatoms. The van der Waals surface area contributed by atoms with Crippen LogP contribution in [-0.4, -0.2) is 38.9 Å². The van der Waals surface area contributed by atoms with E-state index in [1.165, 1.54) is 17.0 Å². The molecule has 1 aliphatic heterocycles. The summed E-state index contributed by atoms with van der Waals surface area (Å²) in [4.78, 5) is 12.8. The monoisotopic (exact) mass is 287 g/mol. The molecule has 1 fully saturated rings. The van der Waals surface area contributed by atoms with Crippen molar-refractivity contribution in [2.45, 2.75) is 17.4 Å². The Kier molecular flexibility index (Phi) is 3.46. The number of nitrogens with two attached hydrogens (primary N) is 1. The maximum absolute atomic E-state index is 13.3. The van der Waals surface area contributed by atoms with Crippen molar-refractivity contribution in [3.8, 4) is 0 Å². The Morgan fingerprint density at radius 3 is 2.68 bits per heavy atom. The third-order valence-electron chi connectivity index (χ3n) is 3.01. The van der Waals surface area contributed by atoms with Crippen LogP contribution < -0.4 is 10.5 Å². The van der Waals surface area contributed by atoms with Gasteiger partial charge >= 0.3 is 0 Å². The largest absolute Gasteiger partial charge is 0.396 e. The maximum atomic E-state index is 13.3. The molecule has 0 saturated carbocycles. The molecule has 0 aliphatic carbocycles. The number of rotatable bonds is 3. The second-order valence-corrected chi connectivity index (χ2v) is 6.12. The Labute approximate surface area is 110 Å². The van der Waals surface area contributed by atoms with Gasteiger partial charge in [-0.05, 0) is 24.6 Å².